The fraction of sp³-hybridized carbons (Fsp3) is 0.889. The van der Waals surface area contributed by atoms with E-state index in [1.54, 1.807) is 0 Å². The van der Waals surface area contributed by atoms with Crippen LogP contribution in [0.15, 0.2) is 0 Å². The monoisotopic (exact) mass is 186 g/mol. The summed E-state index contributed by atoms with van der Waals surface area (Å²) in [5, 5.41) is 14.5. The van der Waals surface area contributed by atoms with Gasteiger partial charge in [0.2, 0.25) is 5.91 Å². The number of carbonyl (C=O) groups excluding carboxylic acids is 1. The van der Waals surface area contributed by atoms with Crippen LogP contribution in [0.4, 0.5) is 0 Å². The van der Waals surface area contributed by atoms with Gasteiger partial charge in [0, 0.05) is 12.6 Å². The van der Waals surface area contributed by atoms with Gasteiger partial charge in [0.15, 0.2) is 0 Å². The van der Waals surface area contributed by atoms with E-state index in [4.69, 9.17) is 5.11 Å². The molecule has 1 fully saturated rings. The second kappa shape index (κ2) is 5.19. The maximum Gasteiger partial charge on any atom is 0.224 e. The molecule has 0 spiro atoms. The third-order valence-electron chi connectivity index (χ3n) is 2.51. The molecule has 2 atom stereocenters. The summed E-state index contributed by atoms with van der Waals surface area (Å²) in [6.07, 6.45) is 2.01. The van der Waals surface area contributed by atoms with Crippen LogP contribution in [-0.2, 0) is 4.79 Å². The van der Waals surface area contributed by atoms with Crippen molar-refractivity contribution in [1.29, 1.82) is 0 Å². The Hall–Kier alpha value is -0.610. The van der Waals surface area contributed by atoms with E-state index in [0.717, 1.165) is 19.4 Å². The molecular formula is C9H18N2O2. The van der Waals surface area contributed by atoms with E-state index in [1.165, 1.54) is 0 Å². The molecule has 3 N–H and O–H groups in total. The molecule has 1 rings (SSSR count). The van der Waals surface area contributed by atoms with Crippen molar-refractivity contribution >= 4 is 5.91 Å². The van der Waals surface area contributed by atoms with Crippen LogP contribution in [0.2, 0.25) is 0 Å². The van der Waals surface area contributed by atoms with E-state index in [2.05, 4.69) is 10.6 Å². The number of nitrogens with one attached hydrogen (secondary N) is 2. The van der Waals surface area contributed by atoms with Crippen LogP contribution in [0, 0.1) is 5.92 Å². The Bertz CT molecular complexity index is 173. The normalized spacial score (nSPS) is 28.5. The minimum Gasteiger partial charge on any atom is -0.395 e. The third kappa shape index (κ3) is 2.97. The number of hydrogen-bond acceptors (Lipinski definition) is 3. The highest BCUT2D eigenvalue weighted by atomic mass is 16.3. The number of rotatable bonds is 3. The van der Waals surface area contributed by atoms with Crippen LogP contribution in [0.1, 0.15) is 19.8 Å². The minimum atomic E-state index is 0.0142. The van der Waals surface area contributed by atoms with Crippen molar-refractivity contribution in [3.05, 3.63) is 0 Å². The lowest BCUT2D eigenvalue weighted by Crippen LogP contribution is -2.47. The number of hydrogen-bond donors (Lipinski definition) is 3. The summed E-state index contributed by atoms with van der Waals surface area (Å²) in [5.41, 5.74) is 0. The van der Waals surface area contributed by atoms with Gasteiger partial charge in [-0.3, -0.25) is 4.79 Å². The van der Waals surface area contributed by atoms with Crippen LogP contribution in [0.25, 0.3) is 0 Å². The summed E-state index contributed by atoms with van der Waals surface area (Å²) in [4.78, 5) is 11.5. The van der Waals surface area contributed by atoms with Gasteiger partial charge >= 0.3 is 0 Å². The number of piperidine rings is 1. The zero-order chi connectivity index (χ0) is 9.68. The number of aliphatic hydroxyl groups excluding tert-OH is 1. The molecule has 4 heteroatoms. The SMILES string of the molecule is C[C@H]1NCCC[C@H]1C(=O)NCCO. The summed E-state index contributed by atoms with van der Waals surface area (Å²) >= 11 is 0. The molecule has 1 saturated heterocycles. The highest BCUT2D eigenvalue weighted by Crippen LogP contribution is 2.15. The van der Waals surface area contributed by atoms with Gasteiger partial charge in [-0.05, 0) is 26.3 Å². The lowest BCUT2D eigenvalue weighted by Gasteiger charge is -2.28. The topological polar surface area (TPSA) is 61.4 Å². The summed E-state index contributed by atoms with van der Waals surface area (Å²) in [5.74, 6) is 0.133. The molecule has 0 saturated carbocycles. The maximum atomic E-state index is 11.5. The van der Waals surface area contributed by atoms with Crippen molar-refractivity contribution in [3.63, 3.8) is 0 Å². The lowest BCUT2D eigenvalue weighted by atomic mass is 9.91. The smallest absolute Gasteiger partial charge is 0.224 e. The average molecular weight is 186 g/mol. The van der Waals surface area contributed by atoms with Crippen molar-refractivity contribution in [2.24, 2.45) is 5.92 Å². The summed E-state index contributed by atoms with van der Waals surface area (Å²) < 4.78 is 0. The molecule has 0 aliphatic carbocycles. The molecule has 0 aromatic heterocycles. The number of amides is 1. The van der Waals surface area contributed by atoms with Gasteiger partial charge in [-0.1, -0.05) is 0 Å². The Morgan fingerprint density at radius 1 is 1.69 bits per heavy atom. The molecule has 0 aromatic carbocycles. The van der Waals surface area contributed by atoms with Crippen molar-refractivity contribution < 1.29 is 9.90 Å². The molecule has 0 bridgehead atoms. The average Bonchev–Trinajstić information content (AvgIpc) is 2.15. The molecule has 0 unspecified atom stereocenters. The maximum absolute atomic E-state index is 11.5. The molecule has 1 aliphatic rings. The Morgan fingerprint density at radius 3 is 3.08 bits per heavy atom. The number of carbonyl (C=O) groups is 1. The lowest BCUT2D eigenvalue weighted by molar-refractivity contribution is -0.126. The molecular weight excluding hydrogens is 168 g/mol. The van der Waals surface area contributed by atoms with E-state index in [0.29, 0.717) is 6.54 Å². The number of aliphatic hydroxyl groups is 1. The second-order valence-electron chi connectivity index (χ2n) is 3.51. The standard InChI is InChI=1S/C9H18N2O2/c1-7-8(3-2-4-10-7)9(13)11-5-6-12/h7-8,10,12H,2-6H2,1H3,(H,11,13)/t7-,8-/m1/s1. The first-order chi connectivity index (χ1) is 6.25. The van der Waals surface area contributed by atoms with E-state index in [9.17, 15) is 4.79 Å². The first kappa shape index (κ1) is 10.5. The Labute approximate surface area is 78.7 Å². The largest absolute Gasteiger partial charge is 0.395 e. The van der Waals surface area contributed by atoms with Gasteiger partial charge in [0.1, 0.15) is 0 Å². The van der Waals surface area contributed by atoms with E-state index < -0.39 is 0 Å². The van der Waals surface area contributed by atoms with Crippen LogP contribution in [-0.4, -0.2) is 36.8 Å². The fourth-order valence-corrected chi connectivity index (χ4v) is 1.71. The molecule has 76 valence electrons. The minimum absolute atomic E-state index is 0.0142. The van der Waals surface area contributed by atoms with Crippen molar-refractivity contribution in [1.82, 2.24) is 10.6 Å². The van der Waals surface area contributed by atoms with Gasteiger partial charge in [0.05, 0.1) is 12.5 Å². The fourth-order valence-electron chi connectivity index (χ4n) is 1.71. The highest BCUT2D eigenvalue weighted by Gasteiger charge is 2.26. The summed E-state index contributed by atoms with van der Waals surface area (Å²) in [6.45, 7) is 3.41. The second-order valence-corrected chi connectivity index (χ2v) is 3.51. The Kier molecular flexibility index (Phi) is 4.18. The first-order valence-electron chi connectivity index (χ1n) is 4.87. The van der Waals surface area contributed by atoms with Gasteiger partial charge in [-0.15, -0.1) is 0 Å². The molecule has 0 radical (unpaired) electrons. The van der Waals surface area contributed by atoms with Crippen LogP contribution >= 0.6 is 0 Å². The predicted molar refractivity (Wildman–Crippen MR) is 50.3 cm³/mol. The zero-order valence-corrected chi connectivity index (χ0v) is 8.05. The molecule has 1 amide bonds. The van der Waals surface area contributed by atoms with Gasteiger partial charge in [0.25, 0.3) is 0 Å². The van der Waals surface area contributed by atoms with Gasteiger partial charge in [-0.2, -0.15) is 0 Å². The van der Waals surface area contributed by atoms with E-state index in [1.807, 2.05) is 6.92 Å². The predicted octanol–water partition coefficient (Wildman–Crippen LogP) is -0.517. The Morgan fingerprint density at radius 2 is 2.46 bits per heavy atom. The molecule has 0 aromatic rings. The Balaban J connectivity index is 2.35. The van der Waals surface area contributed by atoms with Crippen LogP contribution < -0.4 is 10.6 Å². The third-order valence-corrected chi connectivity index (χ3v) is 2.51. The molecule has 1 heterocycles. The molecule has 13 heavy (non-hydrogen) atoms. The van der Waals surface area contributed by atoms with Crippen LogP contribution in [0.5, 0.6) is 0 Å². The van der Waals surface area contributed by atoms with Crippen molar-refractivity contribution in [2.75, 3.05) is 19.7 Å². The zero-order valence-electron chi connectivity index (χ0n) is 8.05. The molecule has 4 nitrogen and oxygen atoms in total. The van der Waals surface area contributed by atoms with Crippen LogP contribution in [0.3, 0.4) is 0 Å². The van der Waals surface area contributed by atoms with Crippen molar-refractivity contribution in [3.8, 4) is 0 Å². The summed E-state index contributed by atoms with van der Waals surface area (Å²) in [7, 11) is 0. The highest BCUT2D eigenvalue weighted by molar-refractivity contribution is 5.79. The first-order valence-corrected chi connectivity index (χ1v) is 4.87. The van der Waals surface area contributed by atoms with Crippen molar-refractivity contribution in [2.45, 2.75) is 25.8 Å². The van der Waals surface area contributed by atoms with E-state index in [-0.39, 0.29) is 24.5 Å². The van der Waals surface area contributed by atoms with Gasteiger partial charge in [-0.25, -0.2) is 0 Å². The molecule has 1 aliphatic heterocycles. The quantitative estimate of drug-likeness (QED) is 0.556. The van der Waals surface area contributed by atoms with Gasteiger partial charge < -0.3 is 15.7 Å². The van der Waals surface area contributed by atoms with E-state index >= 15 is 0 Å². The summed E-state index contributed by atoms with van der Waals surface area (Å²) in [6, 6.07) is 0.257.